The Kier molecular flexibility index (Phi) is 1.79. The minimum atomic E-state index is 0.275. The van der Waals surface area contributed by atoms with E-state index in [2.05, 4.69) is 18.2 Å². The second-order valence-electron chi connectivity index (χ2n) is 5.43. The summed E-state index contributed by atoms with van der Waals surface area (Å²) >= 11 is 6.14. The lowest BCUT2D eigenvalue weighted by atomic mass is 9.34. The van der Waals surface area contributed by atoms with Crippen LogP contribution >= 0.6 is 11.6 Å². The summed E-state index contributed by atoms with van der Waals surface area (Å²) in [7, 11) is 0. The Morgan fingerprint density at radius 3 is 2.53 bits per heavy atom. The van der Waals surface area contributed by atoms with Gasteiger partial charge in [-0.2, -0.15) is 0 Å². The van der Waals surface area contributed by atoms with Crippen LogP contribution in [0.4, 0.5) is 0 Å². The molecule has 15 heavy (non-hydrogen) atoms. The Balaban J connectivity index is 1.88. The Bertz CT molecular complexity index is 405. The van der Waals surface area contributed by atoms with Gasteiger partial charge in [0.2, 0.25) is 0 Å². The standard InChI is InChI=1S/C13H15ClO/c1-9-2-3-10(4-11(9)14)13-5-12(6-13,7-13)8-15/h2-4,15H,5-8H2,1H3. The largest absolute Gasteiger partial charge is 0.396 e. The van der Waals surface area contributed by atoms with Crippen molar-refractivity contribution in [2.75, 3.05) is 6.61 Å². The van der Waals surface area contributed by atoms with Gasteiger partial charge in [-0.15, -0.1) is 0 Å². The maximum absolute atomic E-state index is 9.22. The van der Waals surface area contributed by atoms with Crippen LogP contribution in [0.5, 0.6) is 0 Å². The normalized spacial score (nSPS) is 37.0. The predicted molar refractivity (Wildman–Crippen MR) is 61.2 cm³/mol. The molecule has 0 heterocycles. The highest BCUT2D eigenvalue weighted by Crippen LogP contribution is 2.73. The molecule has 3 fully saturated rings. The highest BCUT2D eigenvalue weighted by Gasteiger charge is 2.67. The molecule has 0 aliphatic heterocycles. The van der Waals surface area contributed by atoms with Gasteiger partial charge in [0.15, 0.2) is 0 Å². The molecule has 0 radical (unpaired) electrons. The lowest BCUT2D eigenvalue weighted by Crippen LogP contribution is -2.66. The van der Waals surface area contributed by atoms with Crippen LogP contribution in [0.1, 0.15) is 30.4 Å². The Hall–Kier alpha value is -0.530. The number of halogens is 1. The second kappa shape index (κ2) is 2.78. The minimum Gasteiger partial charge on any atom is -0.396 e. The minimum absolute atomic E-state index is 0.275. The van der Waals surface area contributed by atoms with Gasteiger partial charge in [-0.1, -0.05) is 23.7 Å². The molecule has 1 aromatic rings. The first-order chi connectivity index (χ1) is 7.09. The first kappa shape index (κ1) is 9.68. The fourth-order valence-electron chi connectivity index (χ4n) is 3.39. The highest BCUT2D eigenvalue weighted by molar-refractivity contribution is 6.31. The smallest absolute Gasteiger partial charge is 0.0488 e. The molecule has 3 aliphatic carbocycles. The van der Waals surface area contributed by atoms with Crippen LogP contribution in [0.2, 0.25) is 5.02 Å². The predicted octanol–water partition coefficient (Wildman–Crippen LogP) is 3.06. The van der Waals surface area contributed by atoms with Gasteiger partial charge in [0.25, 0.3) is 0 Å². The zero-order chi connectivity index (χ0) is 10.7. The van der Waals surface area contributed by atoms with E-state index in [0.29, 0.717) is 12.0 Å². The number of aryl methyl sites for hydroxylation is 1. The van der Waals surface area contributed by atoms with Crippen LogP contribution in [-0.4, -0.2) is 11.7 Å². The van der Waals surface area contributed by atoms with Crippen LogP contribution in [0.15, 0.2) is 18.2 Å². The monoisotopic (exact) mass is 222 g/mol. The summed E-state index contributed by atoms with van der Waals surface area (Å²) in [6, 6.07) is 6.41. The summed E-state index contributed by atoms with van der Waals surface area (Å²) in [5.74, 6) is 0. The molecule has 0 atom stereocenters. The Labute approximate surface area is 95.1 Å². The summed E-state index contributed by atoms with van der Waals surface area (Å²) in [5.41, 5.74) is 3.15. The van der Waals surface area contributed by atoms with Crippen molar-refractivity contribution < 1.29 is 5.11 Å². The van der Waals surface area contributed by atoms with Gasteiger partial charge in [0, 0.05) is 11.6 Å². The van der Waals surface area contributed by atoms with Gasteiger partial charge in [0.05, 0.1) is 0 Å². The summed E-state index contributed by atoms with van der Waals surface area (Å²) in [4.78, 5) is 0. The van der Waals surface area contributed by atoms with Gasteiger partial charge >= 0.3 is 0 Å². The molecule has 1 nitrogen and oxygen atoms in total. The van der Waals surface area contributed by atoms with Crippen molar-refractivity contribution in [3.8, 4) is 0 Å². The zero-order valence-electron chi connectivity index (χ0n) is 8.89. The fourth-order valence-corrected chi connectivity index (χ4v) is 3.58. The summed E-state index contributed by atoms with van der Waals surface area (Å²) in [6.07, 6.45) is 3.45. The van der Waals surface area contributed by atoms with E-state index in [-0.39, 0.29) is 5.41 Å². The van der Waals surface area contributed by atoms with Crippen molar-refractivity contribution in [1.29, 1.82) is 0 Å². The zero-order valence-corrected chi connectivity index (χ0v) is 9.64. The molecule has 0 aromatic heterocycles. The van der Waals surface area contributed by atoms with E-state index in [1.807, 2.05) is 6.92 Å². The molecule has 2 heteroatoms. The quantitative estimate of drug-likeness (QED) is 0.816. The molecule has 0 unspecified atom stereocenters. The van der Waals surface area contributed by atoms with Gasteiger partial charge in [-0.3, -0.25) is 0 Å². The third-order valence-corrected chi connectivity index (χ3v) is 4.67. The van der Waals surface area contributed by atoms with E-state index in [1.165, 1.54) is 5.56 Å². The molecule has 2 bridgehead atoms. The number of benzene rings is 1. The summed E-state index contributed by atoms with van der Waals surface area (Å²) < 4.78 is 0. The molecular formula is C13H15ClO. The average Bonchev–Trinajstić information content (AvgIpc) is 2.07. The van der Waals surface area contributed by atoms with Crippen molar-refractivity contribution in [2.45, 2.75) is 31.6 Å². The molecule has 0 saturated heterocycles. The van der Waals surface area contributed by atoms with E-state index in [0.717, 1.165) is 29.8 Å². The average molecular weight is 223 g/mol. The van der Waals surface area contributed by atoms with Crippen LogP contribution in [-0.2, 0) is 5.41 Å². The lowest BCUT2D eigenvalue weighted by Gasteiger charge is -2.70. The SMILES string of the molecule is Cc1ccc(C23CC(CO)(C2)C3)cc1Cl. The first-order valence-corrected chi connectivity index (χ1v) is 5.85. The lowest BCUT2D eigenvalue weighted by molar-refractivity contribution is -0.167. The van der Waals surface area contributed by atoms with Crippen molar-refractivity contribution in [2.24, 2.45) is 5.41 Å². The van der Waals surface area contributed by atoms with Gasteiger partial charge in [-0.05, 0) is 54.2 Å². The number of aliphatic hydroxyl groups is 1. The maximum Gasteiger partial charge on any atom is 0.0488 e. The highest BCUT2D eigenvalue weighted by atomic mass is 35.5. The number of hydrogen-bond acceptors (Lipinski definition) is 1. The maximum atomic E-state index is 9.22. The molecule has 3 aliphatic rings. The number of aliphatic hydroxyl groups excluding tert-OH is 1. The van der Waals surface area contributed by atoms with Crippen LogP contribution in [0, 0.1) is 12.3 Å². The molecule has 80 valence electrons. The van der Waals surface area contributed by atoms with E-state index >= 15 is 0 Å². The van der Waals surface area contributed by atoms with E-state index in [4.69, 9.17) is 11.6 Å². The topological polar surface area (TPSA) is 20.2 Å². The second-order valence-corrected chi connectivity index (χ2v) is 5.84. The van der Waals surface area contributed by atoms with Crippen molar-refractivity contribution >= 4 is 11.6 Å². The van der Waals surface area contributed by atoms with Crippen molar-refractivity contribution in [3.05, 3.63) is 34.3 Å². The number of hydrogen-bond donors (Lipinski definition) is 1. The molecule has 0 spiro atoms. The molecule has 0 amide bonds. The molecule has 3 saturated carbocycles. The fraction of sp³-hybridized carbons (Fsp3) is 0.538. The van der Waals surface area contributed by atoms with Crippen LogP contribution in [0.3, 0.4) is 0 Å². The molecular weight excluding hydrogens is 208 g/mol. The number of rotatable bonds is 2. The summed E-state index contributed by atoms with van der Waals surface area (Å²) in [6.45, 7) is 2.39. The summed E-state index contributed by atoms with van der Waals surface area (Å²) in [5, 5.41) is 10.1. The van der Waals surface area contributed by atoms with E-state index in [1.54, 1.807) is 0 Å². The van der Waals surface area contributed by atoms with Gasteiger partial charge < -0.3 is 5.11 Å². The molecule has 1 aromatic carbocycles. The molecule has 4 rings (SSSR count). The van der Waals surface area contributed by atoms with Crippen molar-refractivity contribution in [3.63, 3.8) is 0 Å². The Morgan fingerprint density at radius 2 is 2.00 bits per heavy atom. The first-order valence-electron chi connectivity index (χ1n) is 5.47. The van der Waals surface area contributed by atoms with Crippen molar-refractivity contribution in [1.82, 2.24) is 0 Å². The van der Waals surface area contributed by atoms with E-state index < -0.39 is 0 Å². The molecule has 1 N–H and O–H groups in total. The van der Waals surface area contributed by atoms with E-state index in [9.17, 15) is 5.11 Å². The van der Waals surface area contributed by atoms with Gasteiger partial charge in [-0.25, -0.2) is 0 Å². The van der Waals surface area contributed by atoms with Crippen LogP contribution in [0.25, 0.3) is 0 Å². The Morgan fingerprint density at radius 1 is 1.33 bits per heavy atom. The third kappa shape index (κ3) is 1.14. The van der Waals surface area contributed by atoms with Gasteiger partial charge in [0.1, 0.15) is 0 Å². The third-order valence-electron chi connectivity index (χ3n) is 4.26. The van der Waals surface area contributed by atoms with Crippen LogP contribution < -0.4 is 0 Å².